The largest absolute Gasteiger partial charge is 0.472 e. The molecule has 0 unspecified atom stereocenters. The predicted molar refractivity (Wildman–Crippen MR) is 55.9 cm³/mol. The van der Waals surface area contributed by atoms with Gasteiger partial charge in [-0.25, -0.2) is 10.8 Å². The number of nitrogen functional groups attached to an aromatic ring is 1. The summed E-state index contributed by atoms with van der Waals surface area (Å²) in [7, 11) is 0. The number of nitrogens with two attached hydrogens (primary N) is 1. The Morgan fingerprint density at radius 3 is 3.07 bits per heavy atom. The zero-order chi connectivity index (χ0) is 10.5. The van der Waals surface area contributed by atoms with Crippen molar-refractivity contribution in [1.82, 2.24) is 9.97 Å². The van der Waals surface area contributed by atoms with Crippen molar-refractivity contribution >= 4 is 11.8 Å². The molecule has 6 nitrogen and oxygen atoms in total. The first-order valence-electron chi connectivity index (χ1n) is 4.43. The molecule has 2 aromatic heterocycles. The number of hydrogen-bond acceptors (Lipinski definition) is 6. The van der Waals surface area contributed by atoms with Crippen molar-refractivity contribution in [3.05, 3.63) is 36.4 Å². The highest BCUT2D eigenvalue weighted by atomic mass is 16.3. The number of nitrogens with one attached hydrogen (secondary N) is 2. The SMILES string of the molecule is NNc1nccc(NCc2ccoc2)n1. The van der Waals surface area contributed by atoms with Crippen LogP contribution in [0, 0.1) is 0 Å². The van der Waals surface area contributed by atoms with Crippen molar-refractivity contribution in [2.75, 3.05) is 10.7 Å². The minimum Gasteiger partial charge on any atom is -0.472 e. The van der Waals surface area contributed by atoms with Crippen LogP contribution in [0.15, 0.2) is 35.3 Å². The summed E-state index contributed by atoms with van der Waals surface area (Å²) in [5.74, 6) is 6.28. The molecule has 2 rings (SSSR count). The molecule has 4 N–H and O–H groups in total. The predicted octanol–water partition coefficient (Wildman–Crippen LogP) is 0.967. The van der Waals surface area contributed by atoms with Crippen LogP contribution in [0.4, 0.5) is 11.8 Å². The van der Waals surface area contributed by atoms with E-state index in [0.717, 1.165) is 5.56 Å². The molecule has 0 aromatic carbocycles. The standard InChI is InChI=1S/C9H11N5O/c10-14-9-11-3-1-8(13-9)12-5-7-2-4-15-6-7/h1-4,6H,5,10H2,(H2,11,12,13,14). The summed E-state index contributed by atoms with van der Waals surface area (Å²) >= 11 is 0. The van der Waals surface area contributed by atoms with E-state index in [-0.39, 0.29) is 0 Å². The lowest BCUT2D eigenvalue weighted by molar-refractivity contribution is 0.564. The van der Waals surface area contributed by atoms with E-state index in [1.807, 2.05) is 6.07 Å². The van der Waals surface area contributed by atoms with E-state index in [2.05, 4.69) is 20.7 Å². The van der Waals surface area contributed by atoms with Gasteiger partial charge in [-0.2, -0.15) is 4.98 Å². The van der Waals surface area contributed by atoms with Gasteiger partial charge in [0.25, 0.3) is 0 Å². The second-order valence-corrected chi connectivity index (χ2v) is 2.89. The molecule has 0 spiro atoms. The minimum atomic E-state index is 0.382. The quantitative estimate of drug-likeness (QED) is 0.509. The van der Waals surface area contributed by atoms with Gasteiger partial charge in [0.15, 0.2) is 0 Å². The summed E-state index contributed by atoms with van der Waals surface area (Å²) in [6.07, 6.45) is 4.93. The van der Waals surface area contributed by atoms with Crippen LogP contribution >= 0.6 is 0 Å². The molecular formula is C9H11N5O. The lowest BCUT2D eigenvalue weighted by Crippen LogP contribution is -2.11. The van der Waals surface area contributed by atoms with Gasteiger partial charge in [0.05, 0.1) is 12.5 Å². The molecule has 6 heteroatoms. The summed E-state index contributed by atoms with van der Waals surface area (Å²) in [5, 5.41) is 3.12. The van der Waals surface area contributed by atoms with E-state index in [1.54, 1.807) is 24.8 Å². The van der Waals surface area contributed by atoms with Crippen LogP contribution in [-0.2, 0) is 6.54 Å². The Morgan fingerprint density at radius 1 is 1.40 bits per heavy atom. The fourth-order valence-electron chi connectivity index (χ4n) is 1.11. The van der Waals surface area contributed by atoms with Crippen LogP contribution in [0.1, 0.15) is 5.56 Å². The number of anilines is 2. The molecule has 15 heavy (non-hydrogen) atoms. The Morgan fingerprint density at radius 2 is 2.33 bits per heavy atom. The second kappa shape index (κ2) is 4.43. The Bertz CT molecular complexity index is 414. The van der Waals surface area contributed by atoms with Gasteiger partial charge in [-0.3, -0.25) is 5.43 Å². The zero-order valence-electron chi connectivity index (χ0n) is 7.97. The number of furan rings is 1. The van der Waals surface area contributed by atoms with E-state index in [9.17, 15) is 0 Å². The van der Waals surface area contributed by atoms with Crippen LogP contribution in [0.25, 0.3) is 0 Å². The molecule has 0 radical (unpaired) electrons. The van der Waals surface area contributed by atoms with Crippen molar-refractivity contribution < 1.29 is 4.42 Å². The van der Waals surface area contributed by atoms with Crippen molar-refractivity contribution in [3.63, 3.8) is 0 Å². The first kappa shape index (κ1) is 9.47. The minimum absolute atomic E-state index is 0.382. The third-order valence-electron chi connectivity index (χ3n) is 1.84. The molecule has 0 aliphatic rings. The molecule has 0 saturated heterocycles. The average molecular weight is 205 g/mol. The Labute approximate surface area is 86.5 Å². The summed E-state index contributed by atoms with van der Waals surface area (Å²) in [6.45, 7) is 0.650. The number of hydrazine groups is 1. The van der Waals surface area contributed by atoms with Gasteiger partial charge in [-0.1, -0.05) is 0 Å². The fraction of sp³-hybridized carbons (Fsp3) is 0.111. The average Bonchev–Trinajstić information content (AvgIpc) is 2.79. The molecular weight excluding hydrogens is 194 g/mol. The smallest absolute Gasteiger partial charge is 0.239 e. The van der Waals surface area contributed by atoms with E-state index in [4.69, 9.17) is 10.3 Å². The first-order chi connectivity index (χ1) is 7.38. The second-order valence-electron chi connectivity index (χ2n) is 2.89. The molecule has 78 valence electrons. The van der Waals surface area contributed by atoms with Crippen LogP contribution in [0.3, 0.4) is 0 Å². The van der Waals surface area contributed by atoms with Crippen molar-refractivity contribution in [2.45, 2.75) is 6.54 Å². The Hall–Kier alpha value is -2.08. The van der Waals surface area contributed by atoms with Gasteiger partial charge in [0.2, 0.25) is 5.95 Å². The Kier molecular flexibility index (Phi) is 2.80. The van der Waals surface area contributed by atoms with Crippen molar-refractivity contribution in [1.29, 1.82) is 0 Å². The van der Waals surface area contributed by atoms with Gasteiger partial charge < -0.3 is 9.73 Å². The van der Waals surface area contributed by atoms with Crippen LogP contribution in [-0.4, -0.2) is 9.97 Å². The zero-order valence-corrected chi connectivity index (χ0v) is 7.97. The Balaban J connectivity index is 1.98. The van der Waals surface area contributed by atoms with E-state index in [0.29, 0.717) is 18.3 Å². The van der Waals surface area contributed by atoms with E-state index >= 15 is 0 Å². The van der Waals surface area contributed by atoms with E-state index < -0.39 is 0 Å². The number of nitrogens with zero attached hydrogens (tertiary/aromatic N) is 2. The number of aromatic nitrogens is 2. The highest BCUT2D eigenvalue weighted by Crippen LogP contribution is 2.07. The normalized spacial score (nSPS) is 9.93. The first-order valence-corrected chi connectivity index (χ1v) is 4.43. The van der Waals surface area contributed by atoms with Gasteiger partial charge >= 0.3 is 0 Å². The van der Waals surface area contributed by atoms with Gasteiger partial charge in [-0.05, 0) is 12.1 Å². The fourth-order valence-corrected chi connectivity index (χ4v) is 1.11. The third kappa shape index (κ3) is 2.44. The van der Waals surface area contributed by atoms with Crippen LogP contribution in [0.5, 0.6) is 0 Å². The van der Waals surface area contributed by atoms with E-state index in [1.165, 1.54) is 0 Å². The summed E-state index contributed by atoms with van der Waals surface area (Å²) < 4.78 is 4.94. The lowest BCUT2D eigenvalue weighted by atomic mass is 10.3. The van der Waals surface area contributed by atoms with Crippen LogP contribution < -0.4 is 16.6 Å². The molecule has 0 aliphatic carbocycles. The highest BCUT2D eigenvalue weighted by molar-refractivity contribution is 5.39. The van der Waals surface area contributed by atoms with Crippen LogP contribution in [0.2, 0.25) is 0 Å². The lowest BCUT2D eigenvalue weighted by Gasteiger charge is -2.04. The summed E-state index contributed by atoms with van der Waals surface area (Å²) in [4.78, 5) is 8.00. The molecule has 0 saturated carbocycles. The van der Waals surface area contributed by atoms with Gasteiger partial charge in [0, 0.05) is 18.3 Å². The molecule has 0 fully saturated rings. The van der Waals surface area contributed by atoms with Crippen molar-refractivity contribution in [3.8, 4) is 0 Å². The van der Waals surface area contributed by atoms with Gasteiger partial charge in [0.1, 0.15) is 5.82 Å². The van der Waals surface area contributed by atoms with Crippen molar-refractivity contribution in [2.24, 2.45) is 5.84 Å². The topological polar surface area (TPSA) is 89.0 Å². The highest BCUT2D eigenvalue weighted by Gasteiger charge is 1.98. The molecule has 0 atom stereocenters. The molecule has 0 amide bonds. The molecule has 0 bridgehead atoms. The molecule has 2 heterocycles. The summed E-state index contributed by atoms with van der Waals surface area (Å²) in [5.41, 5.74) is 3.43. The maximum absolute atomic E-state index is 5.19. The maximum Gasteiger partial charge on any atom is 0.239 e. The number of rotatable bonds is 4. The third-order valence-corrected chi connectivity index (χ3v) is 1.84. The summed E-state index contributed by atoms with van der Waals surface area (Å²) in [6, 6.07) is 3.65. The monoisotopic (exact) mass is 205 g/mol. The molecule has 2 aromatic rings. The maximum atomic E-state index is 5.19. The molecule has 0 aliphatic heterocycles. The number of hydrogen-bond donors (Lipinski definition) is 3. The van der Waals surface area contributed by atoms with Gasteiger partial charge in [-0.15, -0.1) is 0 Å².